The Morgan fingerprint density at radius 3 is 2.33 bits per heavy atom. The first-order chi connectivity index (χ1) is 2.77. The van der Waals surface area contributed by atoms with Crippen molar-refractivity contribution in [3.63, 3.8) is 0 Å². The average Bonchev–Trinajstić information content (AvgIpc) is 1.35. The molecule has 0 aromatic heterocycles. The molecule has 0 aromatic carbocycles. The Balaban J connectivity index is 3.14. The van der Waals surface area contributed by atoms with E-state index in [0.717, 1.165) is 0 Å². The quantitative estimate of drug-likeness (QED) is 0.388. The van der Waals surface area contributed by atoms with Gasteiger partial charge in [0.25, 0.3) is 0 Å². The van der Waals surface area contributed by atoms with Crippen LogP contribution in [0.4, 0.5) is 0 Å². The molecule has 0 bridgehead atoms. The highest BCUT2D eigenvalue weighted by Gasteiger charge is 1.70. The maximum Gasteiger partial charge on any atom is 0.123 e. The van der Waals surface area contributed by atoms with Crippen LogP contribution in [0, 0.1) is 0 Å². The molecule has 0 heterocycles. The van der Waals surface area contributed by atoms with E-state index in [1.165, 1.54) is 0 Å². The van der Waals surface area contributed by atoms with E-state index in [4.69, 9.17) is 11.6 Å². The smallest absolute Gasteiger partial charge is 0.123 e. The van der Waals surface area contributed by atoms with Crippen LogP contribution in [0.15, 0.2) is 5.10 Å². The highest BCUT2D eigenvalue weighted by Crippen LogP contribution is 1.76. The summed E-state index contributed by atoms with van der Waals surface area (Å²) in [4.78, 5) is 0. The van der Waals surface area contributed by atoms with Gasteiger partial charge in [-0.25, -0.2) is 0 Å². The molecule has 1 N–H and O–H groups in total. The standard InChI is InChI=1S/C3H7ClN2/c1-3(4)6-5-2/h5H,1-2H3/b6-3-. The van der Waals surface area contributed by atoms with E-state index in [9.17, 15) is 0 Å². The maximum absolute atomic E-state index is 5.27. The number of hydrogen-bond acceptors (Lipinski definition) is 2. The minimum atomic E-state index is 0.525. The first kappa shape index (κ1) is 5.76. The van der Waals surface area contributed by atoms with Gasteiger partial charge >= 0.3 is 0 Å². The minimum absolute atomic E-state index is 0.525. The summed E-state index contributed by atoms with van der Waals surface area (Å²) in [5, 5.41) is 4.08. The summed E-state index contributed by atoms with van der Waals surface area (Å²) in [5.74, 6) is 0. The zero-order chi connectivity index (χ0) is 4.99. The Kier molecular flexibility index (Phi) is 2.85. The highest BCUT2D eigenvalue weighted by atomic mass is 35.5. The van der Waals surface area contributed by atoms with E-state index in [1.807, 2.05) is 0 Å². The van der Waals surface area contributed by atoms with Crippen molar-refractivity contribution in [2.45, 2.75) is 6.92 Å². The number of nitrogens with one attached hydrogen (secondary N) is 1. The third-order valence-corrected chi connectivity index (χ3v) is 0.350. The zero-order valence-electron chi connectivity index (χ0n) is 3.83. The number of rotatable bonds is 1. The van der Waals surface area contributed by atoms with Crippen LogP contribution in [-0.2, 0) is 0 Å². The van der Waals surface area contributed by atoms with Gasteiger partial charge in [0.1, 0.15) is 5.17 Å². The number of halogens is 1. The Morgan fingerprint density at radius 1 is 1.83 bits per heavy atom. The Bertz CT molecular complexity index is 55.8. The predicted molar refractivity (Wildman–Crippen MR) is 28.0 cm³/mol. The molecule has 0 aliphatic carbocycles. The molecule has 0 unspecified atom stereocenters. The fourth-order valence-corrected chi connectivity index (χ4v) is 0.239. The fraction of sp³-hybridized carbons (Fsp3) is 0.667. The van der Waals surface area contributed by atoms with Crippen LogP contribution in [0.1, 0.15) is 6.92 Å². The van der Waals surface area contributed by atoms with Crippen LogP contribution in [-0.4, -0.2) is 12.2 Å². The first-order valence-corrected chi connectivity index (χ1v) is 2.01. The molecular weight excluding hydrogens is 99.5 g/mol. The molecule has 6 heavy (non-hydrogen) atoms. The van der Waals surface area contributed by atoms with Gasteiger partial charge in [0.2, 0.25) is 0 Å². The van der Waals surface area contributed by atoms with E-state index in [0.29, 0.717) is 5.17 Å². The van der Waals surface area contributed by atoms with Crippen LogP contribution >= 0.6 is 11.6 Å². The highest BCUT2D eigenvalue weighted by molar-refractivity contribution is 6.64. The van der Waals surface area contributed by atoms with Crippen LogP contribution < -0.4 is 5.43 Å². The molecule has 0 rings (SSSR count). The number of hydrogen-bond donors (Lipinski definition) is 1. The van der Waals surface area contributed by atoms with Gasteiger partial charge in [0, 0.05) is 7.05 Å². The van der Waals surface area contributed by atoms with E-state index >= 15 is 0 Å². The molecule has 0 spiro atoms. The van der Waals surface area contributed by atoms with Crippen LogP contribution in [0.25, 0.3) is 0 Å². The topological polar surface area (TPSA) is 24.4 Å². The van der Waals surface area contributed by atoms with Crippen molar-refractivity contribution in [2.75, 3.05) is 7.05 Å². The average molecular weight is 107 g/mol. The van der Waals surface area contributed by atoms with Crippen LogP contribution in [0.2, 0.25) is 0 Å². The Labute approximate surface area is 42.2 Å². The molecular formula is C3H7ClN2. The second kappa shape index (κ2) is 2.97. The van der Waals surface area contributed by atoms with E-state index in [-0.39, 0.29) is 0 Å². The molecule has 0 saturated carbocycles. The van der Waals surface area contributed by atoms with Crippen molar-refractivity contribution in [1.82, 2.24) is 5.43 Å². The summed E-state index contributed by atoms with van der Waals surface area (Å²) < 4.78 is 0. The third kappa shape index (κ3) is 3.76. The minimum Gasteiger partial charge on any atom is -0.312 e. The molecule has 2 nitrogen and oxygen atoms in total. The van der Waals surface area contributed by atoms with Gasteiger partial charge in [-0.1, -0.05) is 11.6 Å². The van der Waals surface area contributed by atoms with Crippen LogP contribution in [0.3, 0.4) is 0 Å². The molecule has 0 aliphatic heterocycles. The monoisotopic (exact) mass is 106 g/mol. The zero-order valence-corrected chi connectivity index (χ0v) is 4.58. The van der Waals surface area contributed by atoms with Crippen molar-refractivity contribution in [3.8, 4) is 0 Å². The van der Waals surface area contributed by atoms with E-state index < -0.39 is 0 Å². The maximum atomic E-state index is 5.27. The second-order valence-corrected chi connectivity index (χ2v) is 1.38. The van der Waals surface area contributed by atoms with Crippen LogP contribution in [0.5, 0.6) is 0 Å². The van der Waals surface area contributed by atoms with Crippen molar-refractivity contribution in [1.29, 1.82) is 0 Å². The van der Waals surface area contributed by atoms with Crippen molar-refractivity contribution in [2.24, 2.45) is 5.10 Å². The lowest BCUT2D eigenvalue weighted by Crippen LogP contribution is -1.94. The predicted octanol–water partition coefficient (Wildman–Crippen LogP) is 0.778. The molecule has 0 fully saturated rings. The van der Waals surface area contributed by atoms with Gasteiger partial charge in [-0.2, -0.15) is 5.10 Å². The molecule has 0 saturated heterocycles. The normalized spacial score (nSPS) is 11.5. The summed E-state index contributed by atoms with van der Waals surface area (Å²) >= 11 is 5.27. The molecule has 36 valence electrons. The van der Waals surface area contributed by atoms with Crippen molar-refractivity contribution >= 4 is 16.8 Å². The third-order valence-electron chi connectivity index (χ3n) is 0.266. The number of hydrazone groups is 1. The van der Waals surface area contributed by atoms with E-state index in [1.54, 1.807) is 14.0 Å². The van der Waals surface area contributed by atoms with E-state index in [2.05, 4.69) is 10.5 Å². The summed E-state index contributed by atoms with van der Waals surface area (Å²) in [6, 6.07) is 0. The fourth-order valence-electron chi connectivity index (χ4n) is 0.154. The van der Waals surface area contributed by atoms with Gasteiger partial charge in [0.05, 0.1) is 0 Å². The van der Waals surface area contributed by atoms with Gasteiger partial charge in [-0.3, -0.25) is 0 Å². The van der Waals surface area contributed by atoms with Gasteiger partial charge in [-0.15, -0.1) is 0 Å². The lowest BCUT2D eigenvalue weighted by Gasteiger charge is -1.82. The summed E-state index contributed by atoms with van der Waals surface area (Å²) in [6.07, 6.45) is 0. The molecule has 3 heteroatoms. The summed E-state index contributed by atoms with van der Waals surface area (Å²) in [5.41, 5.74) is 2.52. The summed E-state index contributed by atoms with van der Waals surface area (Å²) in [7, 11) is 1.70. The molecule has 0 radical (unpaired) electrons. The largest absolute Gasteiger partial charge is 0.312 e. The van der Waals surface area contributed by atoms with Crippen molar-refractivity contribution in [3.05, 3.63) is 0 Å². The first-order valence-electron chi connectivity index (χ1n) is 1.64. The van der Waals surface area contributed by atoms with Gasteiger partial charge in [0.15, 0.2) is 0 Å². The van der Waals surface area contributed by atoms with Gasteiger partial charge in [-0.05, 0) is 6.92 Å². The molecule has 0 aromatic rings. The molecule has 0 aliphatic rings. The lowest BCUT2D eigenvalue weighted by atomic mass is 10.9. The second-order valence-electron chi connectivity index (χ2n) is 0.833. The SMILES string of the molecule is CN/N=C(/C)Cl. The molecule has 0 amide bonds. The number of nitrogens with zero attached hydrogens (tertiary/aromatic N) is 1. The van der Waals surface area contributed by atoms with Crippen molar-refractivity contribution < 1.29 is 0 Å². The summed E-state index contributed by atoms with van der Waals surface area (Å²) in [6.45, 7) is 1.71. The van der Waals surface area contributed by atoms with Gasteiger partial charge < -0.3 is 5.43 Å². The lowest BCUT2D eigenvalue weighted by molar-refractivity contribution is 0.904. The Hall–Kier alpha value is -0.240. The molecule has 0 atom stereocenters. The Morgan fingerprint density at radius 2 is 2.33 bits per heavy atom.